The summed E-state index contributed by atoms with van der Waals surface area (Å²) < 4.78 is -1.66. The van der Waals surface area contributed by atoms with Crippen LogP contribution < -0.4 is 0 Å². The van der Waals surface area contributed by atoms with E-state index in [1.165, 1.54) is 57.0 Å². The van der Waals surface area contributed by atoms with Crippen LogP contribution in [0.2, 0.25) is 0 Å². The quantitative estimate of drug-likeness (QED) is 0.408. The molecule has 0 amide bonds. The first-order chi connectivity index (χ1) is 6.96. The first-order valence-electron chi connectivity index (χ1n) is 6.41. The molecule has 0 aliphatic heterocycles. The molecule has 0 aromatic carbocycles. The van der Waals surface area contributed by atoms with Crippen LogP contribution in [0.25, 0.3) is 0 Å². The van der Waals surface area contributed by atoms with Crippen LogP contribution in [0.15, 0.2) is 0 Å². The van der Waals surface area contributed by atoms with Crippen molar-refractivity contribution in [2.75, 3.05) is 18.5 Å². The van der Waals surface area contributed by atoms with Gasteiger partial charge >= 0.3 is 113 Å². The van der Waals surface area contributed by atoms with Gasteiger partial charge in [0.2, 0.25) is 0 Å². The van der Waals surface area contributed by atoms with Crippen molar-refractivity contribution in [1.82, 2.24) is 0 Å². The molecular formula is C12H27Br2P. The first-order valence-corrected chi connectivity index (χ1v) is 13.2. The third-order valence-corrected chi connectivity index (χ3v) is 13.2. The second-order valence-corrected chi connectivity index (χ2v) is 22.9. The van der Waals surface area contributed by atoms with Crippen LogP contribution in [0.5, 0.6) is 0 Å². The zero-order valence-corrected chi connectivity index (χ0v) is 14.6. The minimum absolute atomic E-state index is 1.31. The molecule has 3 heteroatoms. The zero-order valence-electron chi connectivity index (χ0n) is 10.6. The zero-order chi connectivity index (χ0) is 11.8. The Morgan fingerprint density at radius 3 is 1.13 bits per heavy atom. The molecule has 0 radical (unpaired) electrons. The van der Waals surface area contributed by atoms with Crippen molar-refractivity contribution in [3.63, 3.8) is 0 Å². The molecule has 0 atom stereocenters. The molecule has 0 aromatic rings. The SMILES string of the molecule is CCCCP(Br)(Br)(CCCC)CCCC. The van der Waals surface area contributed by atoms with Gasteiger partial charge < -0.3 is 0 Å². The summed E-state index contributed by atoms with van der Waals surface area (Å²) in [5.41, 5.74) is 0. The summed E-state index contributed by atoms with van der Waals surface area (Å²) in [6.45, 7) is 6.86. The van der Waals surface area contributed by atoms with Gasteiger partial charge in [-0.3, -0.25) is 0 Å². The monoisotopic (exact) mass is 360 g/mol. The van der Waals surface area contributed by atoms with Gasteiger partial charge in [-0.25, -0.2) is 0 Å². The molecule has 0 spiro atoms. The van der Waals surface area contributed by atoms with E-state index in [1.54, 1.807) is 0 Å². The molecule has 0 saturated carbocycles. The predicted molar refractivity (Wildman–Crippen MR) is 84.1 cm³/mol. The summed E-state index contributed by atoms with van der Waals surface area (Å²) >= 11 is 8.28. The minimum atomic E-state index is -1.66. The maximum atomic E-state index is 4.14. The Bertz CT molecular complexity index is 140. The van der Waals surface area contributed by atoms with E-state index >= 15 is 0 Å². The molecule has 0 rings (SSSR count). The molecular weight excluding hydrogens is 335 g/mol. The van der Waals surface area contributed by atoms with Crippen LogP contribution in [0.4, 0.5) is 0 Å². The van der Waals surface area contributed by atoms with Crippen LogP contribution in [-0.4, -0.2) is 18.5 Å². The molecule has 0 aliphatic carbocycles. The van der Waals surface area contributed by atoms with Crippen molar-refractivity contribution < 1.29 is 0 Å². The van der Waals surface area contributed by atoms with Gasteiger partial charge in [-0.05, 0) is 0 Å². The number of hydrogen-bond acceptors (Lipinski definition) is 0. The van der Waals surface area contributed by atoms with Gasteiger partial charge in [-0.1, -0.05) is 0 Å². The van der Waals surface area contributed by atoms with Gasteiger partial charge in [-0.2, -0.15) is 0 Å². The van der Waals surface area contributed by atoms with Gasteiger partial charge in [0.1, 0.15) is 0 Å². The van der Waals surface area contributed by atoms with Crippen molar-refractivity contribution in [2.24, 2.45) is 0 Å². The first kappa shape index (κ1) is 16.4. The fraction of sp³-hybridized carbons (Fsp3) is 1.00. The second kappa shape index (κ2) is 7.67. The van der Waals surface area contributed by atoms with Gasteiger partial charge in [0.05, 0.1) is 0 Å². The number of halogens is 2. The summed E-state index contributed by atoms with van der Waals surface area (Å²) in [6, 6.07) is 0. The fourth-order valence-electron chi connectivity index (χ4n) is 1.84. The molecule has 0 heterocycles. The van der Waals surface area contributed by atoms with Crippen molar-refractivity contribution in [1.29, 1.82) is 0 Å². The van der Waals surface area contributed by atoms with Crippen LogP contribution in [0, 0.1) is 0 Å². The Kier molecular flexibility index (Phi) is 8.38. The second-order valence-electron chi connectivity index (χ2n) is 4.68. The van der Waals surface area contributed by atoms with E-state index in [1.807, 2.05) is 0 Å². The molecule has 0 bridgehead atoms. The standard InChI is InChI=1S/C12H27Br2P/c1-4-7-10-15(13,14,11-8-5-2)12-9-6-3/h4-12H2,1-3H3. The molecule has 0 fully saturated rings. The van der Waals surface area contributed by atoms with Gasteiger partial charge in [0.15, 0.2) is 0 Å². The maximum absolute atomic E-state index is 4.14. The van der Waals surface area contributed by atoms with E-state index in [4.69, 9.17) is 0 Å². The van der Waals surface area contributed by atoms with E-state index in [9.17, 15) is 0 Å². The van der Waals surface area contributed by atoms with Crippen LogP contribution in [0.3, 0.4) is 0 Å². The molecule has 0 N–H and O–H groups in total. The van der Waals surface area contributed by atoms with E-state index in [0.717, 1.165) is 0 Å². The normalized spacial score (nSPS) is 14.9. The van der Waals surface area contributed by atoms with E-state index in [2.05, 4.69) is 51.7 Å². The van der Waals surface area contributed by atoms with Crippen molar-refractivity contribution in [2.45, 2.75) is 59.3 Å². The Morgan fingerprint density at radius 2 is 0.933 bits per heavy atom. The van der Waals surface area contributed by atoms with E-state index < -0.39 is 4.01 Å². The molecule has 0 unspecified atom stereocenters. The van der Waals surface area contributed by atoms with Gasteiger partial charge in [0.25, 0.3) is 0 Å². The number of unbranched alkanes of at least 4 members (excludes halogenated alkanes) is 3. The Balaban J connectivity index is 4.33. The van der Waals surface area contributed by atoms with E-state index in [-0.39, 0.29) is 0 Å². The average Bonchev–Trinajstić information content (AvgIpc) is 2.22. The summed E-state index contributed by atoms with van der Waals surface area (Å²) in [5, 5.41) is 0. The van der Waals surface area contributed by atoms with E-state index in [0.29, 0.717) is 0 Å². The molecule has 94 valence electrons. The van der Waals surface area contributed by atoms with Crippen molar-refractivity contribution in [3.05, 3.63) is 0 Å². The van der Waals surface area contributed by atoms with Crippen LogP contribution in [0.1, 0.15) is 59.3 Å². The van der Waals surface area contributed by atoms with Gasteiger partial charge in [-0.15, -0.1) is 0 Å². The summed E-state index contributed by atoms with van der Waals surface area (Å²) in [6.07, 6.45) is 12.2. The summed E-state index contributed by atoms with van der Waals surface area (Å²) in [7, 11) is 0. The Hall–Kier alpha value is 1.39. The molecule has 0 aromatic heterocycles. The van der Waals surface area contributed by atoms with Crippen molar-refractivity contribution >= 4 is 35.0 Å². The Morgan fingerprint density at radius 1 is 0.667 bits per heavy atom. The topological polar surface area (TPSA) is 0 Å². The third-order valence-electron chi connectivity index (χ3n) is 2.99. The average molecular weight is 362 g/mol. The molecule has 0 aliphatic rings. The Labute approximate surface area is 112 Å². The number of hydrogen-bond donors (Lipinski definition) is 0. The van der Waals surface area contributed by atoms with Crippen molar-refractivity contribution in [3.8, 4) is 0 Å². The molecule has 0 saturated heterocycles. The van der Waals surface area contributed by atoms with Crippen LogP contribution in [-0.2, 0) is 0 Å². The number of rotatable bonds is 9. The van der Waals surface area contributed by atoms with Crippen LogP contribution >= 0.6 is 35.0 Å². The fourth-order valence-corrected chi connectivity index (χ4v) is 10.0. The molecule has 0 nitrogen and oxygen atoms in total. The molecule has 15 heavy (non-hydrogen) atoms. The predicted octanol–water partition coefficient (Wildman–Crippen LogP) is 6.56. The summed E-state index contributed by atoms with van der Waals surface area (Å²) in [5.74, 6) is 0. The summed E-state index contributed by atoms with van der Waals surface area (Å²) in [4.78, 5) is 0. The van der Waals surface area contributed by atoms with Gasteiger partial charge in [0, 0.05) is 0 Å². The third kappa shape index (κ3) is 7.34.